The van der Waals surface area contributed by atoms with Crippen molar-refractivity contribution in [3.63, 3.8) is 0 Å². The van der Waals surface area contributed by atoms with Gasteiger partial charge in [0, 0.05) is 28.1 Å². The fourth-order valence-corrected chi connectivity index (χ4v) is 2.70. The van der Waals surface area contributed by atoms with Crippen molar-refractivity contribution in [2.24, 2.45) is 0 Å². The summed E-state index contributed by atoms with van der Waals surface area (Å²) in [7, 11) is 0. The van der Waals surface area contributed by atoms with Gasteiger partial charge in [0.1, 0.15) is 0 Å². The van der Waals surface area contributed by atoms with E-state index in [1.165, 1.54) is 0 Å². The van der Waals surface area contributed by atoms with Crippen LogP contribution < -0.4 is 0 Å². The number of carbonyl (C=O) groups excluding carboxylic acids is 1. The minimum absolute atomic E-state index is 0.130. The molecular weight excluding hydrogens is 246 g/mol. The molecule has 0 aliphatic rings. The molecule has 0 amide bonds. The Morgan fingerprint density at radius 3 is 2.40 bits per heavy atom. The smallest absolute Gasteiger partial charge is 0.172 e. The van der Waals surface area contributed by atoms with Gasteiger partial charge in [0.2, 0.25) is 0 Å². The zero-order chi connectivity index (χ0) is 14.1. The summed E-state index contributed by atoms with van der Waals surface area (Å²) in [5.74, 6) is 0.0419. The van der Waals surface area contributed by atoms with Crippen LogP contribution in [-0.4, -0.2) is 10.8 Å². The summed E-state index contributed by atoms with van der Waals surface area (Å²) in [5.41, 5.74) is 3.84. The van der Waals surface area contributed by atoms with Crippen LogP contribution in [-0.2, 0) is 0 Å². The Hall–Kier alpha value is -2.35. The van der Waals surface area contributed by atoms with Crippen LogP contribution in [0.2, 0.25) is 0 Å². The molecule has 0 saturated heterocycles. The van der Waals surface area contributed by atoms with E-state index in [1.54, 1.807) is 0 Å². The van der Waals surface area contributed by atoms with E-state index in [2.05, 4.69) is 4.98 Å². The number of aryl methyl sites for hydroxylation is 1. The molecule has 1 atom stereocenters. The molecule has 2 heteroatoms. The van der Waals surface area contributed by atoms with E-state index in [9.17, 15) is 4.79 Å². The molecule has 100 valence electrons. The average molecular weight is 263 g/mol. The van der Waals surface area contributed by atoms with Gasteiger partial charge in [-0.15, -0.1) is 0 Å². The summed E-state index contributed by atoms with van der Waals surface area (Å²) in [6.45, 7) is 3.93. The van der Waals surface area contributed by atoms with Gasteiger partial charge in [0.15, 0.2) is 5.78 Å². The number of H-pyrrole nitrogens is 1. The number of benzene rings is 2. The fraction of sp³-hybridized carbons (Fsp3) is 0.167. The van der Waals surface area contributed by atoms with Crippen LogP contribution in [0.4, 0.5) is 0 Å². The highest BCUT2D eigenvalue weighted by atomic mass is 16.1. The number of hydrogen-bond acceptors (Lipinski definition) is 1. The molecule has 0 aliphatic heterocycles. The number of ketones is 1. The number of aromatic amines is 1. The third-order valence-corrected chi connectivity index (χ3v) is 3.83. The van der Waals surface area contributed by atoms with Crippen LogP contribution >= 0.6 is 0 Å². The second-order valence-electron chi connectivity index (χ2n) is 5.17. The van der Waals surface area contributed by atoms with Gasteiger partial charge in [-0.3, -0.25) is 4.79 Å². The summed E-state index contributed by atoms with van der Waals surface area (Å²) in [6.07, 6.45) is 0. The molecule has 2 nitrogen and oxygen atoms in total. The Kier molecular flexibility index (Phi) is 3.15. The SMILES string of the molecule is Cc1[nH]c2ccccc2c1C(=O)C(C)c1ccccc1. The lowest BCUT2D eigenvalue weighted by atomic mass is 9.91. The van der Waals surface area contributed by atoms with Crippen molar-refractivity contribution in [3.05, 3.63) is 71.4 Å². The lowest BCUT2D eigenvalue weighted by Crippen LogP contribution is -2.10. The van der Waals surface area contributed by atoms with Crippen LogP contribution in [0, 0.1) is 6.92 Å². The van der Waals surface area contributed by atoms with E-state index < -0.39 is 0 Å². The Bertz CT molecular complexity index is 755. The first-order valence-corrected chi connectivity index (χ1v) is 6.85. The highest BCUT2D eigenvalue weighted by Crippen LogP contribution is 2.28. The summed E-state index contributed by atoms with van der Waals surface area (Å²) in [5, 5.41) is 1.01. The number of aromatic nitrogens is 1. The van der Waals surface area contributed by atoms with E-state index in [0.29, 0.717) is 0 Å². The number of carbonyl (C=O) groups is 1. The van der Waals surface area contributed by atoms with Crippen molar-refractivity contribution in [2.45, 2.75) is 19.8 Å². The molecule has 0 bridgehead atoms. The molecule has 0 fully saturated rings. The lowest BCUT2D eigenvalue weighted by Gasteiger charge is -2.11. The monoisotopic (exact) mass is 263 g/mol. The minimum Gasteiger partial charge on any atom is -0.358 e. The highest BCUT2D eigenvalue weighted by Gasteiger charge is 2.22. The van der Waals surface area contributed by atoms with Gasteiger partial charge >= 0.3 is 0 Å². The highest BCUT2D eigenvalue weighted by molar-refractivity contribution is 6.11. The molecule has 3 aromatic rings. The van der Waals surface area contributed by atoms with E-state index in [1.807, 2.05) is 68.4 Å². The van der Waals surface area contributed by atoms with Crippen LogP contribution in [0.5, 0.6) is 0 Å². The van der Waals surface area contributed by atoms with Gasteiger partial charge in [0.25, 0.3) is 0 Å². The molecule has 0 radical (unpaired) electrons. The second-order valence-corrected chi connectivity index (χ2v) is 5.17. The van der Waals surface area contributed by atoms with Crippen molar-refractivity contribution >= 4 is 16.7 Å². The van der Waals surface area contributed by atoms with E-state index in [0.717, 1.165) is 27.7 Å². The maximum Gasteiger partial charge on any atom is 0.172 e. The Labute approximate surface area is 118 Å². The molecular formula is C18H17NO. The fourth-order valence-electron chi connectivity index (χ4n) is 2.70. The van der Waals surface area contributed by atoms with Crippen LogP contribution in [0.25, 0.3) is 10.9 Å². The Balaban J connectivity index is 2.07. The molecule has 0 spiro atoms. The van der Waals surface area contributed by atoms with Gasteiger partial charge in [0.05, 0.1) is 0 Å². The van der Waals surface area contributed by atoms with Crippen molar-refractivity contribution < 1.29 is 4.79 Å². The third-order valence-electron chi connectivity index (χ3n) is 3.83. The number of fused-ring (bicyclic) bond motifs is 1. The largest absolute Gasteiger partial charge is 0.358 e. The minimum atomic E-state index is -0.130. The van der Waals surface area contributed by atoms with Crippen molar-refractivity contribution in [3.8, 4) is 0 Å². The maximum absolute atomic E-state index is 12.8. The molecule has 1 unspecified atom stereocenters. The molecule has 3 rings (SSSR count). The predicted octanol–water partition coefficient (Wildman–Crippen LogP) is 4.46. The van der Waals surface area contributed by atoms with Gasteiger partial charge in [-0.2, -0.15) is 0 Å². The molecule has 0 aliphatic carbocycles. The quantitative estimate of drug-likeness (QED) is 0.695. The summed E-state index contributed by atoms with van der Waals surface area (Å²) in [6, 6.07) is 17.9. The van der Waals surface area contributed by atoms with Crippen LogP contribution in [0.15, 0.2) is 54.6 Å². The normalized spacial score (nSPS) is 12.5. The van der Waals surface area contributed by atoms with Gasteiger partial charge < -0.3 is 4.98 Å². The molecule has 20 heavy (non-hydrogen) atoms. The van der Waals surface area contributed by atoms with Crippen molar-refractivity contribution in [2.75, 3.05) is 0 Å². The molecule has 0 saturated carbocycles. The number of rotatable bonds is 3. The third kappa shape index (κ3) is 2.03. The number of hydrogen-bond donors (Lipinski definition) is 1. The maximum atomic E-state index is 12.8. The van der Waals surface area contributed by atoms with Crippen molar-refractivity contribution in [1.29, 1.82) is 0 Å². The lowest BCUT2D eigenvalue weighted by molar-refractivity contribution is 0.0967. The molecule has 1 N–H and O–H groups in total. The molecule has 2 aromatic carbocycles. The van der Waals surface area contributed by atoms with E-state index in [-0.39, 0.29) is 11.7 Å². The summed E-state index contributed by atoms with van der Waals surface area (Å²) >= 11 is 0. The topological polar surface area (TPSA) is 32.9 Å². The first-order chi connectivity index (χ1) is 9.68. The Morgan fingerprint density at radius 1 is 1.00 bits per heavy atom. The van der Waals surface area contributed by atoms with Gasteiger partial charge in [-0.25, -0.2) is 0 Å². The predicted molar refractivity (Wildman–Crippen MR) is 82.2 cm³/mol. The summed E-state index contributed by atoms with van der Waals surface area (Å²) < 4.78 is 0. The Morgan fingerprint density at radius 2 is 1.65 bits per heavy atom. The molecule has 1 aromatic heterocycles. The second kappa shape index (κ2) is 4.97. The standard InChI is InChI=1S/C18H17NO/c1-12(14-8-4-3-5-9-14)18(20)17-13(2)19-16-11-7-6-10-15(16)17/h3-12,19H,1-2H3. The number of Topliss-reactive ketones (excluding diaryl/α,β-unsaturated/α-hetero) is 1. The van der Waals surface area contributed by atoms with Crippen LogP contribution in [0.3, 0.4) is 0 Å². The first-order valence-electron chi connectivity index (χ1n) is 6.85. The van der Waals surface area contributed by atoms with Crippen molar-refractivity contribution in [1.82, 2.24) is 4.98 Å². The number of nitrogens with one attached hydrogen (secondary N) is 1. The average Bonchev–Trinajstić information content (AvgIpc) is 2.82. The zero-order valence-electron chi connectivity index (χ0n) is 11.7. The zero-order valence-corrected chi connectivity index (χ0v) is 11.7. The van der Waals surface area contributed by atoms with Gasteiger partial charge in [-0.1, -0.05) is 55.5 Å². The first kappa shape index (κ1) is 12.7. The van der Waals surface area contributed by atoms with E-state index >= 15 is 0 Å². The molecule has 1 heterocycles. The van der Waals surface area contributed by atoms with E-state index in [4.69, 9.17) is 0 Å². The summed E-state index contributed by atoms with van der Waals surface area (Å²) in [4.78, 5) is 16.1. The van der Waals surface area contributed by atoms with Crippen LogP contribution in [0.1, 0.15) is 34.5 Å². The number of para-hydroxylation sites is 1. The van der Waals surface area contributed by atoms with Gasteiger partial charge in [-0.05, 0) is 18.6 Å².